The Labute approximate surface area is 54.3 Å². The van der Waals surface area contributed by atoms with E-state index >= 15 is 0 Å². The van der Waals surface area contributed by atoms with Crippen LogP contribution in [0, 0.1) is 5.92 Å². The van der Waals surface area contributed by atoms with Crippen LogP contribution in [-0.4, -0.2) is 29.2 Å². The maximum atomic E-state index is 9.79. The molecule has 0 aliphatic rings. The zero-order valence-corrected chi connectivity index (χ0v) is 5.45. The van der Waals surface area contributed by atoms with Crippen LogP contribution in [0.2, 0.25) is 0 Å². The van der Waals surface area contributed by atoms with Gasteiger partial charge in [-0.05, 0) is 0 Å². The Bertz CT molecular complexity index is 82.4. The van der Waals surface area contributed by atoms with Crippen LogP contribution < -0.4 is 0 Å². The molecular weight excluding hydrogens is 120 g/mol. The predicted octanol–water partition coefficient (Wildman–Crippen LogP) is -0.435. The standard InChI is InChI=1S/C6H12O3/c1-5(4-8)6(9)2-3-7/h3,5-6,8-9H,2,4H2,1H3/t5-,6+/m1/s1. The fraction of sp³-hybridized carbons (Fsp3) is 0.833. The summed E-state index contributed by atoms with van der Waals surface area (Å²) in [6.07, 6.45) is 0.0750. The molecule has 0 bridgehead atoms. The second-order valence-corrected chi connectivity index (χ2v) is 2.13. The Morgan fingerprint density at radius 2 is 2.22 bits per heavy atom. The highest BCUT2D eigenvalue weighted by molar-refractivity contribution is 5.50. The molecule has 2 N–H and O–H groups in total. The number of aliphatic hydroxyl groups excluding tert-OH is 2. The smallest absolute Gasteiger partial charge is 0.122 e. The third-order valence-corrected chi connectivity index (χ3v) is 1.28. The Morgan fingerprint density at radius 3 is 2.56 bits per heavy atom. The average molecular weight is 132 g/mol. The molecule has 3 nitrogen and oxygen atoms in total. The van der Waals surface area contributed by atoms with Gasteiger partial charge in [0.1, 0.15) is 6.29 Å². The van der Waals surface area contributed by atoms with Gasteiger partial charge >= 0.3 is 0 Å². The molecule has 0 saturated heterocycles. The third-order valence-electron chi connectivity index (χ3n) is 1.28. The van der Waals surface area contributed by atoms with Crippen molar-refractivity contribution in [3.8, 4) is 0 Å². The zero-order valence-electron chi connectivity index (χ0n) is 5.45. The molecule has 0 aromatic heterocycles. The van der Waals surface area contributed by atoms with Gasteiger partial charge in [-0.3, -0.25) is 0 Å². The molecule has 0 aliphatic heterocycles. The second-order valence-electron chi connectivity index (χ2n) is 2.13. The number of carbonyl (C=O) groups is 1. The molecule has 54 valence electrons. The van der Waals surface area contributed by atoms with E-state index in [0.717, 1.165) is 0 Å². The van der Waals surface area contributed by atoms with Crippen molar-refractivity contribution in [3.05, 3.63) is 0 Å². The minimum atomic E-state index is -0.688. The summed E-state index contributed by atoms with van der Waals surface area (Å²) in [5.74, 6) is -0.199. The molecule has 0 unspecified atom stereocenters. The van der Waals surface area contributed by atoms with Crippen LogP contribution in [0.5, 0.6) is 0 Å². The van der Waals surface area contributed by atoms with Crippen LogP contribution in [0.4, 0.5) is 0 Å². The monoisotopic (exact) mass is 132 g/mol. The zero-order chi connectivity index (χ0) is 7.28. The molecule has 0 spiro atoms. The first-order chi connectivity index (χ1) is 4.22. The first kappa shape index (κ1) is 8.59. The van der Waals surface area contributed by atoms with Crippen LogP contribution in [0.3, 0.4) is 0 Å². The predicted molar refractivity (Wildman–Crippen MR) is 32.9 cm³/mol. The van der Waals surface area contributed by atoms with Gasteiger partial charge in [0.15, 0.2) is 0 Å². The fourth-order valence-electron chi connectivity index (χ4n) is 0.453. The van der Waals surface area contributed by atoms with Crippen LogP contribution in [0.1, 0.15) is 13.3 Å². The molecular formula is C6H12O3. The highest BCUT2D eigenvalue weighted by atomic mass is 16.3. The van der Waals surface area contributed by atoms with Gasteiger partial charge in [0.2, 0.25) is 0 Å². The van der Waals surface area contributed by atoms with Gasteiger partial charge in [0, 0.05) is 18.9 Å². The summed E-state index contributed by atoms with van der Waals surface area (Å²) in [5.41, 5.74) is 0. The van der Waals surface area contributed by atoms with Crippen molar-refractivity contribution in [2.75, 3.05) is 6.61 Å². The molecule has 2 atom stereocenters. The molecule has 0 fully saturated rings. The minimum Gasteiger partial charge on any atom is -0.396 e. The van der Waals surface area contributed by atoms with Crippen molar-refractivity contribution in [1.29, 1.82) is 0 Å². The van der Waals surface area contributed by atoms with E-state index in [2.05, 4.69) is 0 Å². The Balaban J connectivity index is 3.44. The van der Waals surface area contributed by atoms with Crippen molar-refractivity contribution in [2.45, 2.75) is 19.4 Å². The second kappa shape index (κ2) is 4.47. The Hall–Kier alpha value is -0.410. The van der Waals surface area contributed by atoms with E-state index in [9.17, 15) is 4.79 Å². The number of hydrogen-bond acceptors (Lipinski definition) is 3. The van der Waals surface area contributed by atoms with Crippen LogP contribution in [0.15, 0.2) is 0 Å². The number of aldehydes is 1. The van der Waals surface area contributed by atoms with E-state index in [4.69, 9.17) is 10.2 Å². The molecule has 9 heavy (non-hydrogen) atoms. The van der Waals surface area contributed by atoms with Gasteiger partial charge in [0.25, 0.3) is 0 Å². The van der Waals surface area contributed by atoms with E-state index in [1.54, 1.807) is 6.92 Å². The summed E-state index contributed by atoms with van der Waals surface area (Å²) < 4.78 is 0. The maximum absolute atomic E-state index is 9.79. The molecule has 0 saturated carbocycles. The minimum absolute atomic E-state index is 0.0744. The quantitative estimate of drug-likeness (QED) is 0.510. The molecule has 0 rings (SSSR count). The SMILES string of the molecule is C[C@H](CO)[C@@H](O)CC=O. The summed E-state index contributed by atoms with van der Waals surface area (Å²) in [6, 6.07) is 0. The van der Waals surface area contributed by atoms with E-state index in [1.807, 2.05) is 0 Å². The van der Waals surface area contributed by atoms with Crippen molar-refractivity contribution >= 4 is 6.29 Å². The molecule has 0 aromatic rings. The lowest BCUT2D eigenvalue weighted by atomic mass is 10.0. The first-order valence-corrected chi connectivity index (χ1v) is 2.95. The molecule has 0 aliphatic carbocycles. The largest absolute Gasteiger partial charge is 0.396 e. The molecule has 0 radical (unpaired) electrons. The van der Waals surface area contributed by atoms with Crippen molar-refractivity contribution in [3.63, 3.8) is 0 Å². The van der Waals surface area contributed by atoms with E-state index in [-0.39, 0.29) is 18.9 Å². The number of hydrogen-bond donors (Lipinski definition) is 2. The van der Waals surface area contributed by atoms with Gasteiger partial charge in [-0.2, -0.15) is 0 Å². The van der Waals surface area contributed by atoms with Crippen LogP contribution in [0.25, 0.3) is 0 Å². The van der Waals surface area contributed by atoms with E-state index in [1.165, 1.54) is 0 Å². The van der Waals surface area contributed by atoms with Gasteiger partial charge < -0.3 is 15.0 Å². The van der Waals surface area contributed by atoms with Gasteiger partial charge in [-0.1, -0.05) is 6.92 Å². The fourth-order valence-corrected chi connectivity index (χ4v) is 0.453. The van der Waals surface area contributed by atoms with Crippen molar-refractivity contribution < 1.29 is 15.0 Å². The van der Waals surface area contributed by atoms with Crippen LogP contribution in [-0.2, 0) is 4.79 Å². The normalized spacial score (nSPS) is 16.8. The summed E-state index contributed by atoms with van der Waals surface area (Å²) in [7, 11) is 0. The number of aliphatic hydroxyl groups is 2. The molecule has 0 heterocycles. The van der Waals surface area contributed by atoms with E-state index < -0.39 is 6.10 Å². The van der Waals surface area contributed by atoms with Gasteiger partial charge in [-0.25, -0.2) is 0 Å². The molecule has 0 aromatic carbocycles. The van der Waals surface area contributed by atoms with Crippen LogP contribution >= 0.6 is 0 Å². The summed E-state index contributed by atoms with van der Waals surface area (Å²) in [4.78, 5) is 9.79. The highest BCUT2D eigenvalue weighted by Gasteiger charge is 2.11. The average Bonchev–Trinajstić information content (AvgIpc) is 1.87. The Kier molecular flexibility index (Phi) is 4.26. The first-order valence-electron chi connectivity index (χ1n) is 2.95. The molecule has 3 heteroatoms. The molecule has 0 amide bonds. The lowest BCUT2D eigenvalue weighted by Crippen LogP contribution is -2.20. The lowest BCUT2D eigenvalue weighted by Gasteiger charge is -2.12. The third kappa shape index (κ3) is 3.21. The summed E-state index contributed by atoms with van der Waals surface area (Å²) in [6.45, 7) is 1.61. The number of rotatable bonds is 4. The Morgan fingerprint density at radius 1 is 1.67 bits per heavy atom. The summed E-state index contributed by atoms with van der Waals surface area (Å²) >= 11 is 0. The van der Waals surface area contributed by atoms with Gasteiger partial charge in [-0.15, -0.1) is 0 Å². The maximum Gasteiger partial charge on any atom is 0.122 e. The van der Waals surface area contributed by atoms with E-state index in [0.29, 0.717) is 6.29 Å². The lowest BCUT2D eigenvalue weighted by molar-refractivity contribution is -0.110. The number of carbonyl (C=O) groups excluding carboxylic acids is 1. The van der Waals surface area contributed by atoms with Crippen molar-refractivity contribution in [2.24, 2.45) is 5.92 Å². The van der Waals surface area contributed by atoms with Crippen molar-refractivity contribution in [1.82, 2.24) is 0 Å². The summed E-state index contributed by atoms with van der Waals surface area (Å²) in [5, 5.41) is 17.4. The topological polar surface area (TPSA) is 57.5 Å². The van der Waals surface area contributed by atoms with Gasteiger partial charge in [0.05, 0.1) is 6.10 Å². The highest BCUT2D eigenvalue weighted by Crippen LogP contribution is 2.02.